The summed E-state index contributed by atoms with van der Waals surface area (Å²) in [5.41, 5.74) is -1.68. The summed E-state index contributed by atoms with van der Waals surface area (Å²) >= 11 is 0. The molecule has 0 aromatic carbocycles. The fourth-order valence-electron chi connectivity index (χ4n) is 2.15. The lowest BCUT2D eigenvalue weighted by Crippen LogP contribution is -2.42. The van der Waals surface area contributed by atoms with E-state index in [1.165, 1.54) is 6.92 Å². The van der Waals surface area contributed by atoms with E-state index < -0.39 is 48.8 Å². The van der Waals surface area contributed by atoms with Gasteiger partial charge in [0, 0.05) is 11.8 Å². The van der Waals surface area contributed by atoms with Crippen molar-refractivity contribution in [1.82, 2.24) is 9.55 Å². The molecule has 22 heavy (non-hydrogen) atoms. The van der Waals surface area contributed by atoms with Crippen LogP contribution in [0, 0.1) is 6.92 Å². The molecule has 124 valence electrons. The molecule has 1 saturated heterocycles. The summed E-state index contributed by atoms with van der Waals surface area (Å²) < 4.78 is 46.9. The lowest BCUT2D eigenvalue weighted by atomic mass is 10.1. The van der Waals surface area contributed by atoms with Gasteiger partial charge in [0.1, 0.15) is 18.3 Å². The lowest BCUT2D eigenvalue weighted by molar-refractivity contribution is -0.356. The number of nitrogens with one attached hydrogen (secondary N) is 1. The molecule has 0 aliphatic carbocycles. The zero-order valence-electron chi connectivity index (χ0n) is 11.2. The van der Waals surface area contributed by atoms with Gasteiger partial charge < -0.3 is 14.9 Å². The Bertz CT molecular complexity index is 654. The van der Waals surface area contributed by atoms with Gasteiger partial charge in [-0.1, -0.05) is 0 Å². The number of hydrogen-bond donors (Lipinski definition) is 3. The minimum atomic E-state index is -5.08. The second kappa shape index (κ2) is 5.83. The number of aryl methyl sites for hydroxylation is 1. The van der Waals surface area contributed by atoms with Crippen molar-refractivity contribution in [2.75, 3.05) is 6.61 Å². The van der Waals surface area contributed by atoms with Crippen LogP contribution in [0.5, 0.6) is 0 Å². The molecule has 0 spiro atoms. The van der Waals surface area contributed by atoms with E-state index in [4.69, 9.17) is 9.84 Å². The summed E-state index contributed by atoms with van der Waals surface area (Å²) in [4.78, 5) is 24.9. The molecular weight excluding hydrogens is 313 g/mol. The average Bonchev–Trinajstić information content (AvgIpc) is 2.69. The summed E-state index contributed by atoms with van der Waals surface area (Å²) in [6.07, 6.45) is -10.9. The Hall–Kier alpha value is -1.69. The Labute approximate surface area is 120 Å². The van der Waals surface area contributed by atoms with Gasteiger partial charge in [-0.05, 0) is 6.92 Å². The second-order valence-electron chi connectivity index (χ2n) is 4.75. The smallest absolute Gasteiger partial charge is 0.394 e. The summed E-state index contributed by atoms with van der Waals surface area (Å²) in [5.74, 6) is 0. The van der Waals surface area contributed by atoms with Crippen molar-refractivity contribution in [3.8, 4) is 0 Å². The average molecular weight is 326 g/mol. The van der Waals surface area contributed by atoms with E-state index in [1.807, 2.05) is 4.98 Å². The molecule has 2 heterocycles. The largest absolute Gasteiger partial charge is 0.523 e. The molecule has 4 atom stereocenters. The highest BCUT2D eigenvalue weighted by Gasteiger charge is 2.50. The standard InChI is InChI=1S/C11H13F3N2O6/c1-4-2-16(10(20)15-8(4)19)9-7(22-11(12,13)14)6(18)5(3-17)21-9/h2,5-7,9,17-18H,3H2,1H3,(H,15,19,20)/t5-,6-,7?,9-/m1/s1. The summed E-state index contributed by atoms with van der Waals surface area (Å²) in [5, 5.41) is 18.8. The fraction of sp³-hybridized carbons (Fsp3) is 0.636. The number of nitrogens with zero attached hydrogens (tertiary/aromatic N) is 1. The van der Waals surface area contributed by atoms with E-state index in [9.17, 15) is 27.9 Å². The molecule has 1 unspecified atom stereocenters. The van der Waals surface area contributed by atoms with Gasteiger partial charge in [-0.3, -0.25) is 19.1 Å². The number of ether oxygens (including phenoxy) is 2. The van der Waals surface area contributed by atoms with Gasteiger partial charge in [-0.2, -0.15) is 0 Å². The van der Waals surface area contributed by atoms with Crippen molar-refractivity contribution in [2.24, 2.45) is 0 Å². The number of alkyl halides is 3. The van der Waals surface area contributed by atoms with E-state index in [-0.39, 0.29) is 5.56 Å². The highest BCUT2D eigenvalue weighted by atomic mass is 19.4. The van der Waals surface area contributed by atoms with E-state index in [1.54, 1.807) is 0 Å². The van der Waals surface area contributed by atoms with E-state index in [0.29, 0.717) is 4.57 Å². The van der Waals surface area contributed by atoms with Crippen molar-refractivity contribution >= 4 is 0 Å². The Morgan fingerprint density at radius 3 is 2.64 bits per heavy atom. The van der Waals surface area contributed by atoms with Crippen LogP contribution < -0.4 is 11.2 Å². The van der Waals surface area contributed by atoms with E-state index >= 15 is 0 Å². The third-order valence-corrected chi connectivity index (χ3v) is 3.18. The van der Waals surface area contributed by atoms with Gasteiger partial charge >= 0.3 is 12.1 Å². The van der Waals surface area contributed by atoms with Crippen LogP contribution in [0.4, 0.5) is 13.2 Å². The first-order valence-electron chi connectivity index (χ1n) is 6.15. The summed E-state index contributed by atoms with van der Waals surface area (Å²) in [6.45, 7) is 0.565. The van der Waals surface area contributed by atoms with Crippen molar-refractivity contribution < 1.29 is 32.9 Å². The molecule has 1 aliphatic rings. The topological polar surface area (TPSA) is 114 Å². The maximum absolute atomic E-state index is 12.4. The van der Waals surface area contributed by atoms with E-state index in [0.717, 1.165) is 6.20 Å². The first kappa shape index (κ1) is 16.7. The Morgan fingerprint density at radius 2 is 2.09 bits per heavy atom. The number of H-pyrrole nitrogens is 1. The number of aliphatic hydroxyl groups is 2. The molecule has 8 nitrogen and oxygen atoms in total. The molecule has 1 fully saturated rings. The number of aromatic nitrogens is 2. The molecule has 1 aromatic rings. The first-order chi connectivity index (χ1) is 10.1. The third-order valence-electron chi connectivity index (χ3n) is 3.18. The van der Waals surface area contributed by atoms with Crippen LogP contribution >= 0.6 is 0 Å². The molecule has 3 N–H and O–H groups in total. The highest BCUT2D eigenvalue weighted by molar-refractivity contribution is 5.03. The predicted molar refractivity (Wildman–Crippen MR) is 64.0 cm³/mol. The van der Waals surface area contributed by atoms with Crippen molar-refractivity contribution in [1.29, 1.82) is 0 Å². The van der Waals surface area contributed by atoms with Crippen molar-refractivity contribution in [3.63, 3.8) is 0 Å². The van der Waals surface area contributed by atoms with Gasteiger partial charge in [0.05, 0.1) is 6.61 Å². The molecule has 1 aliphatic heterocycles. The van der Waals surface area contributed by atoms with Gasteiger partial charge in [0.25, 0.3) is 5.56 Å². The highest BCUT2D eigenvalue weighted by Crippen LogP contribution is 2.34. The molecule has 0 bridgehead atoms. The van der Waals surface area contributed by atoms with Crippen LogP contribution in [-0.2, 0) is 9.47 Å². The second-order valence-corrected chi connectivity index (χ2v) is 4.75. The maximum atomic E-state index is 12.4. The zero-order chi connectivity index (χ0) is 16.7. The van der Waals surface area contributed by atoms with Gasteiger partial charge in [0.15, 0.2) is 6.23 Å². The fourth-order valence-corrected chi connectivity index (χ4v) is 2.15. The zero-order valence-corrected chi connectivity index (χ0v) is 11.2. The Balaban J connectivity index is 2.44. The first-order valence-corrected chi connectivity index (χ1v) is 6.15. The molecule has 1 aromatic heterocycles. The SMILES string of the molecule is Cc1cn([C@@H]2O[C@H](CO)[C@@H](O)C2OC(F)(F)F)c(=O)[nH]c1=O. The predicted octanol–water partition coefficient (Wildman–Crippen LogP) is -0.999. The maximum Gasteiger partial charge on any atom is 0.523 e. The Kier molecular flexibility index (Phi) is 4.42. The number of aliphatic hydroxyl groups excluding tert-OH is 2. The lowest BCUT2D eigenvalue weighted by Gasteiger charge is -2.23. The van der Waals surface area contributed by atoms with Gasteiger partial charge in [-0.25, -0.2) is 4.79 Å². The number of halogens is 3. The van der Waals surface area contributed by atoms with Crippen LogP contribution in [-0.4, -0.2) is 51.0 Å². The van der Waals surface area contributed by atoms with Crippen LogP contribution in [0.1, 0.15) is 11.8 Å². The quantitative estimate of drug-likeness (QED) is 0.657. The number of rotatable bonds is 3. The van der Waals surface area contributed by atoms with Gasteiger partial charge in [-0.15, -0.1) is 13.2 Å². The minimum absolute atomic E-state index is 0.0518. The Morgan fingerprint density at radius 1 is 1.45 bits per heavy atom. The van der Waals surface area contributed by atoms with Crippen molar-refractivity contribution in [3.05, 3.63) is 32.6 Å². The molecule has 2 rings (SSSR count). The molecule has 11 heteroatoms. The van der Waals surface area contributed by atoms with Crippen LogP contribution in [0.3, 0.4) is 0 Å². The number of aromatic amines is 1. The normalized spacial score (nSPS) is 29.0. The molecule has 0 radical (unpaired) electrons. The molecule has 0 saturated carbocycles. The van der Waals surface area contributed by atoms with Crippen LogP contribution in [0.2, 0.25) is 0 Å². The van der Waals surface area contributed by atoms with Crippen LogP contribution in [0.25, 0.3) is 0 Å². The molecular formula is C11H13F3N2O6. The monoisotopic (exact) mass is 326 g/mol. The minimum Gasteiger partial charge on any atom is -0.394 e. The van der Waals surface area contributed by atoms with Gasteiger partial charge in [0.2, 0.25) is 0 Å². The summed E-state index contributed by atoms with van der Waals surface area (Å²) in [7, 11) is 0. The van der Waals surface area contributed by atoms with E-state index in [2.05, 4.69) is 4.74 Å². The van der Waals surface area contributed by atoms with Crippen LogP contribution in [0.15, 0.2) is 15.8 Å². The molecule has 0 amide bonds. The number of hydrogen-bond acceptors (Lipinski definition) is 6. The third kappa shape index (κ3) is 3.21. The van der Waals surface area contributed by atoms with Crippen molar-refractivity contribution in [2.45, 2.75) is 37.8 Å². The summed E-state index contributed by atoms with van der Waals surface area (Å²) in [6, 6.07) is 0.